The van der Waals surface area contributed by atoms with Crippen LogP contribution in [-0.2, 0) is 0 Å². The predicted molar refractivity (Wildman–Crippen MR) is 155 cm³/mol. The summed E-state index contributed by atoms with van der Waals surface area (Å²) >= 11 is 0. The van der Waals surface area contributed by atoms with E-state index < -0.39 is 0 Å². The standard InChI is InChI=1S/C29H44N6O3/c1-5-34(6-2)17-9-15-31-27(36)23-19-24(28(37)32-16-10-18-35(7-3)8-4)21-26(20-23)33-29(38)22-11-13-25(30)14-12-22/h11-14,19-21H,5-10,15-18,30H2,1-4H3,(H,31,36)(H,32,37)(H,33,38). The molecule has 3 amide bonds. The fourth-order valence-electron chi connectivity index (χ4n) is 4.09. The molecule has 0 unspecified atom stereocenters. The van der Waals surface area contributed by atoms with Gasteiger partial charge in [0, 0.05) is 41.2 Å². The Labute approximate surface area is 227 Å². The van der Waals surface area contributed by atoms with Crippen LogP contribution in [0.1, 0.15) is 71.6 Å². The normalized spacial score (nSPS) is 11.0. The van der Waals surface area contributed by atoms with Gasteiger partial charge in [-0.3, -0.25) is 14.4 Å². The topological polar surface area (TPSA) is 120 Å². The molecule has 2 aromatic rings. The number of nitrogens with zero attached hydrogens (tertiary/aromatic N) is 2. The number of amides is 3. The van der Waals surface area contributed by atoms with Crippen LogP contribution in [0, 0.1) is 0 Å². The third kappa shape index (κ3) is 10.1. The van der Waals surface area contributed by atoms with Gasteiger partial charge in [0.15, 0.2) is 0 Å². The van der Waals surface area contributed by atoms with E-state index in [0.29, 0.717) is 41.2 Å². The minimum absolute atomic E-state index is 0.288. The molecule has 0 radical (unpaired) electrons. The Hall–Kier alpha value is -3.43. The Bertz CT molecular complexity index is 983. The molecule has 0 heterocycles. The van der Waals surface area contributed by atoms with E-state index in [-0.39, 0.29) is 17.7 Å². The molecule has 5 N–H and O–H groups in total. The second-order valence-corrected chi connectivity index (χ2v) is 9.15. The molecule has 2 rings (SSSR count). The maximum Gasteiger partial charge on any atom is 0.255 e. The number of carbonyl (C=O) groups is 3. The highest BCUT2D eigenvalue weighted by Crippen LogP contribution is 2.17. The summed E-state index contributed by atoms with van der Waals surface area (Å²) in [6, 6.07) is 11.3. The van der Waals surface area contributed by atoms with Crippen molar-refractivity contribution >= 4 is 29.1 Å². The molecule has 2 aromatic carbocycles. The van der Waals surface area contributed by atoms with E-state index in [2.05, 4.69) is 53.4 Å². The number of rotatable bonds is 16. The molecule has 0 aliphatic carbocycles. The van der Waals surface area contributed by atoms with Crippen LogP contribution in [-0.4, -0.2) is 79.9 Å². The zero-order chi connectivity index (χ0) is 27.9. The molecule has 0 saturated heterocycles. The minimum atomic E-state index is -0.354. The highest BCUT2D eigenvalue weighted by molar-refractivity contribution is 6.07. The Morgan fingerprint density at radius 2 is 1.11 bits per heavy atom. The van der Waals surface area contributed by atoms with Gasteiger partial charge < -0.3 is 31.5 Å². The van der Waals surface area contributed by atoms with Crippen molar-refractivity contribution in [3.8, 4) is 0 Å². The Morgan fingerprint density at radius 3 is 1.53 bits per heavy atom. The largest absolute Gasteiger partial charge is 0.399 e. The molecule has 0 fully saturated rings. The van der Waals surface area contributed by atoms with Gasteiger partial charge in [-0.25, -0.2) is 0 Å². The summed E-state index contributed by atoms with van der Waals surface area (Å²) in [5.41, 5.74) is 7.71. The van der Waals surface area contributed by atoms with Gasteiger partial charge >= 0.3 is 0 Å². The summed E-state index contributed by atoms with van der Waals surface area (Å²) in [7, 11) is 0. The lowest BCUT2D eigenvalue weighted by Crippen LogP contribution is -2.31. The van der Waals surface area contributed by atoms with Gasteiger partial charge in [0.2, 0.25) is 0 Å². The fraction of sp³-hybridized carbons (Fsp3) is 0.483. The SMILES string of the molecule is CCN(CC)CCCNC(=O)c1cc(NC(=O)c2ccc(N)cc2)cc(C(=O)NCCCN(CC)CC)c1. The molecule has 9 nitrogen and oxygen atoms in total. The van der Waals surface area contributed by atoms with Gasteiger partial charge in [0.05, 0.1) is 0 Å². The Morgan fingerprint density at radius 1 is 0.658 bits per heavy atom. The molecule has 208 valence electrons. The lowest BCUT2D eigenvalue weighted by molar-refractivity contribution is 0.0949. The quantitative estimate of drug-likeness (QED) is 0.197. The third-order valence-electron chi connectivity index (χ3n) is 6.55. The van der Waals surface area contributed by atoms with Crippen molar-refractivity contribution in [1.29, 1.82) is 0 Å². The number of hydrogen-bond acceptors (Lipinski definition) is 6. The van der Waals surface area contributed by atoms with Crippen molar-refractivity contribution in [3.05, 3.63) is 59.2 Å². The van der Waals surface area contributed by atoms with Crippen molar-refractivity contribution in [2.45, 2.75) is 40.5 Å². The van der Waals surface area contributed by atoms with E-state index >= 15 is 0 Å². The number of carbonyl (C=O) groups excluding carboxylic acids is 3. The Balaban J connectivity index is 2.14. The van der Waals surface area contributed by atoms with E-state index in [0.717, 1.165) is 52.1 Å². The molecule has 0 aliphatic heterocycles. The van der Waals surface area contributed by atoms with Crippen LogP contribution in [0.3, 0.4) is 0 Å². The lowest BCUT2D eigenvalue weighted by Gasteiger charge is -2.18. The van der Waals surface area contributed by atoms with Crippen LogP contribution in [0.4, 0.5) is 11.4 Å². The van der Waals surface area contributed by atoms with Gasteiger partial charge in [-0.1, -0.05) is 27.7 Å². The number of anilines is 2. The van der Waals surface area contributed by atoms with Gasteiger partial charge in [-0.15, -0.1) is 0 Å². The summed E-state index contributed by atoms with van der Waals surface area (Å²) in [4.78, 5) is 43.3. The fourth-order valence-corrected chi connectivity index (χ4v) is 4.09. The smallest absolute Gasteiger partial charge is 0.255 e. The van der Waals surface area contributed by atoms with Crippen LogP contribution in [0.15, 0.2) is 42.5 Å². The molecular weight excluding hydrogens is 480 g/mol. The highest BCUT2D eigenvalue weighted by Gasteiger charge is 2.15. The molecule has 0 aromatic heterocycles. The minimum Gasteiger partial charge on any atom is -0.399 e. The van der Waals surface area contributed by atoms with Crippen LogP contribution in [0.25, 0.3) is 0 Å². The lowest BCUT2D eigenvalue weighted by atomic mass is 10.1. The summed E-state index contributed by atoms with van der Waals surface area (Å²) < 4.78 is 0. The van der Waals surface area contributed by atoms with Crippen molar-refractivity contribution in [2.24, 2.45) is 0 Å². The third-order valence-corrected chi connectivity index (χ3v) is 6.55. The van der Waals surface area contributed by atoms with Crippen molar-refractivity contribution in [1.82, 2.24) is 20.4 Å². The van der Waals surface area contributed by atoms with Crippen LogP contribution in [0.2, 0.25) is 0 Å². The van der Waals surface area contributed by atoms with E-state index in [9.17, 15) is 14.4 Å². The highest BCUT2D eigenvalue weighted by atomic mass is 16.2. The molecule has 0 bridgehead atoms. The summed E-state index contributed by atoms with van der Waals surface area (Å²) in [6.45, 7) is 15.1. The van der Waals surface area contributed by atoms with Gasteiger partial charge in [0.25, 0.3) is 17.7 Å². The van der Waals surface area contributed by atoms with Gasteiger partial charge in [-0.2, -0.15) is 0 Å². The van der Waals surface area contributed by atoms with E-state index in [1.807, 2.05) is 0 Å². The molecular formula is C29H44N6O3. The molecule has 0 atom stereocenters. The van der Waals surface area contributed by atoms with Crippen molar-refractivity contribution in [2.75, 3.05) is 63.4 Å². The maximum atomic E-state index is 13.0. The monoisotopic (exact) mass is 524 g/mol. The predicted octanol–water partition coefficient (Wildman–Crippen LogP) is 3.44. The first kappa shape index (κ1) is 30.8. The molecule has 9 heteroatoms. The van der Waals surface area contributed by atoms with Crippen LogP contribution >= 0.6 is 0 Å². The number of hydrogen-bond donors (Lipinski definition) is 4. The number of nitrogens with two attached hydrogens (primary N) is 1. The molecule has 0 saturated carbocycles. The van der Waals surface area contributed by atoms with E-state index in [4.69, 9.17) is 5.73 Å². The summed E-state index contributed by atoms with van der Waals surface area (Å²) in [5.74, 6) is -0.931. The average molecular weight is 525 g/mol. The maximum absolute atomic E-state index is 13.0. The zero-order valence-corrected chi connectivity index (χ0v) is 23.3. The van der Waals surface area contributed by atoms with Crippen LogP contribution in [0.5, 0.6) is 0 Å². The van der Waals surface area contributed by atoms with Crippen molar-refractivity contribution < 1.29 is 14.4 Å². The van der Waals surface area contributed by atoms with E-state index in [1.54, 1.807) is 42.5 Å². The van der Waals surface area contributed by atoms with Gasteiger partial charge in [-0.05, 0) is 94.6 Å². The molecule has 0 aliphatic rings. The number of benzene rings is 2. The summed E-state index contributed by atoms with van der Waals surface area (Å²) in [6.07, 6.45) is 1.64. The zero-order valence-electron chi connectivity index (χ0n) is 23.3. The second-order valence-electron chi connectivity index (χ2n) is 9.15. The first-order chi connectivity index (χ1) is 18.3. The average Bonchev–Trinajstić information content (AvgIpc) is 2.93. The van der Waals surface area contributed by atoms with Crippen LogP contribution < -0.4 is 21.7 Å². The Kier molecular flexibility index (Phi) is 13.3. The number of nitrogens with one attached hydrogen (secondary N) is 3. The second kappa shape index (κ2) is 16.4. The van der Waals surface area contributed by atoms with Crippen molar-refractivity contribution in [3.63, 3.8) is 0 Å². The molecule has 0 spiro atoms. The first-order valence-corrected chi connectivity index (χ1v) is 13.6. The number of nitrogen functional groups attached to an aromatic ring is 1. The summed E-state index contributed by atoms with van der Waals surface area (Å²) in [5, 5.41) is 8.68. The van der Waals surface area contributed by atoms with E-state index in [1.165, 1.54) is 0 Å². The van der Waals surface area contributed by atoms with Gasteiger partial charge in [0.1, 0.15) is 0 Å². The molecule has 38 heavy (non-hydrogen) atoms. The first-order valence-electron chi connectivity index (χ1n) is 13.6.